The van der Waals surface area contributed by atoms with Gasteiger partial charge in [0, 0.05) is 19.6 Å². The summed E-state index contributed by atoms with van der Waals surface area (Å²) >= 11 is 0. The van der Waals surface area contributed by atoms with Crippen LogP contribution in [0.1, 0.15) is 62.2 Å². The summed E-state index contributed by atoms with van der Waals surface area (Å²) in [5.74, 6) is -0.987. The molecule has 1 aliphatic carbocycles. The number of hydrogen-bond donors (Lipinski definition) is 1. The Kier molecular flexibility index (Phi) is 6.88. The van der Waals surface area contributed by atoms with Crippen molar-refractivity contribution in [3.63, 3.8) is 0 Å². The summed E-state index contributed by atoms with van der Waals surface area (Å²) in [5.41, 5.74) is 1.10. The van der Waals surface area contributed by atoms with E-state index in [9.17, 15) is 17.6 Å². The van der Waals surface area contributed by atoms with Gasteiger partial charge >= 0.3 is 0 Å². The van der Waals surface area contributed by atoms with Crippen LogP contribution in [0.2, 0.25) is 0 Å². The van der Waals surface area contributed by atoms with Gasteiger partial charge in [-0.25, -0.2) is 12.8 Å². The maximum atomic E-state index is 14.2. The van der Waals surface area contributed by atoms with Crippen LogP contribution in [-0.4, -0.2) is 38.3 Å². The van der Waals surface area contributed by atoms with E-state index in [4.69, 9.17) is 0 Å². The minimum atomic E-state index is -3.73. The minimum Gasteiger partial charge on any atom is -0.352 e. The van der Waals surface area contributed by atoms with E-state index in [1.165, 1.54) is 34.9 Å². The molecule has 0 unspecified atom stereocenters. The Balaban J connectivity index is 1.69. The van der Waals surface area contributed by atoms with Gasteiger partial charge < -0.3 is 5.32 Å². The van der Waals surface area contributed by atoms with Gasteiger partial charge in [0.2, 0.25) is 10.0 Å². The van der Waals surface area contributed by atoms with Crippen molar-refractivity contribution in [1.29, 1.82) is 0 Å². The summed E-state index contributed by atoms with van der Waals surface area (Å²) in [6.07, 6.45) is 9.27. The van der Waals surface area contributed by atoms with Gasteiger partial charge in [-0.2, -0.15) is 4.31 Å². The molecule has 28 heavy (non-hydrogen) atoms. The first kappa shape index (κ1) is 21.0. The summed E-state index contributed by atoms with van der Waals surface area (Å²) in [4.78, 5) is 12.4. The van der Waals surface area contributed by atoms with E-state index in [0.717, 1.165) is 38.2 Å². The van der Waals surface area contributed by atoms with Crippen LogP contribution in [0.5, 0.6) is 0 Å². The molecule has 0 radical (unpaired) electrons. The summed E-state index contributed by atoms with van der Waals surface area (Å²) in [6.45, 7) is 3.36. The van der Waals surface area contributed by atoms with Crippen molar-refractivity contribution in [3.8, 4) is 0 Å². The first-order valence-electron chi connectivity index (χ1n) is 10.1. The Morgan fingerprint density at radius 1 is 1.29 bits per heavy atom. The number of allylic oxidation sites excluding steroid dienone is 1. The quantitative estimate of drug-likeness (QED) is 0.727. The molecule has 0 saturated carbocycles. The van der Waals surface area contributed by atoms with Gasteiger partial charge in [0.15, 0.2) is 0 Å². The average Bonchev–Trinajstić information content (AvgIpc) is 2.69. The van der Waals surface area contributed by atoms with Crippen molar-refractivity contribution in [2.24, 2.45) is 5.92 Å². The fourth-order valence-electron chi connectivity index (χ4n) is 3.92. The second kappa shape index (κ2) is 9.18. The van der Waals surface area contributed by atoms with Crippen LogP contribution in [0.4, 0.5) is 4.39 Å². The van der Waals surface area contributed by atoms with Crippen molar-refractivity contribution in [2.45, 2.75) is 56.8 Å². The van der Waals surface area contributed by atoms with Gasteiger partial charge in [-0.05, 0) is 69.1 Å². The first-order chi connectivity index (χ1) is 13.4. The van der Waals surface area contributed by atoms with E-state index in [1.807, 2.05) is 6.92 Å². The van der Waals surface area contributed by atoms with Gasteiger partial charge in [0.1, 0.15) is 5.82 Å². The number of carbonyl (C=O) groups is 1. The fourth-order valence-corrected chi connectivity index (χ4v) is 5.54. The van der Waals surface area contributed by atoms with Crippen LogP contribution >= 0.6 is 0 Å². The highest BCUT2D eigenvalue weighted by Gasteiger charge is 2.29. The molecule has 5 nitrogen and oxygen atoms in total. The zero-order valence-electron chi connectivity index (χ0n) is 16.4. The number of nitrogens with one attached hydrogen (secondary N) is 1. The SMILES string of the molecule is C[C@@H]1CCCN(S(=O)(=O)c2ccc(F)c(C(=O)NCCC3=CCCCC3)c2)C1. The van der Waals surface area contributed by atoms with Gasteiger partial charge in [0.25, 0.3) is 5.91 Å². The Bertz CT molecular complexity index is 851. The zero-order chi connectivity index (χ0) is 20.1. The predicted molar refractivity (Wildman–Crippen MR) is 107 cm³/mol. The lowest BCUT2D eigenvalue weighted by molar-refractivity contribution is 0.0949. The monoisotopic (exact) mass is 408 g/mol. The highest BCUT2D eigenvalue weighted by molar-refractivity contribution is 7.89. The first-order valence-corrected chi connectivity index (χ1v) is 11.6. The van der Waals surface area contributed by atoms with Crippen LogP contribution in [0, 0.1) is 11.7 Å². The van der Waals surface area contributed by atoms with Gasteiger partial charge in [-0.1, -0.05) is 18.6 Å². The molecule has 7 heteroatoms. The van der Waals surface area contributed by atoms with E-state index >= 15 is 0 Å². The number of benzene rings is 1. The van der Waals surface area contributed by atoms with Gasteiger partial charge in [-0.15, -0.1) is 0 Å². The number of halogens is 1. The molecule has 0 spiro atoms. The Hall–Kier alpha value is -1.73. The van der Waals surface area contributed by atoms with Gasteiger partial charge in [0.05, 0.1) is 10.5 Å². The van der Waals surface area contributed by atoms with E-state index in [-0.39, 0.29) is 10.5 Å². The van der Waals surface area contributed by atoms with Crippen LogP contribution in [0.25, 0.3) is 0 Å². The molecule has 1 aliphatic heterocycles. The Labute approximate surface area is 167 Å². The van der Waals surface area contributed by atoms with Gasteiger partial charge in [-0.3, -0.25) is 4.79 Å². The lowest BCUT2D eigenvalue weighted by atomic mass is 9.97. The molecule has 0 aromatic heterocycles. The summed E-state index contributed by atoms with van der Waals surface area (Å²) in [6, 6.07) is 3.48. The maximum Gasteiger partial charge on any atom is 0.254 e. The summed E-state index contributed by atoms with van der Waals surface area (Å²) < 4.78 is 41.5. The molecule has 1 aromatic rings. The van der Waals surface area contributed by atoms with Crippen molar-refractivity contribution in [3.05, 3.63) is 41.2 Å². The molecular formula is C21H29FN2O3S. The summed E-state index contributed by atoms with van der Waals surface area (Å²) in [5, 5.41) is 2.72. The zero-order valence-corrected chi connectivity index (χ0v) is 17.2. The van der Waals surface area contributed by atoms with Crippen LogP contribution in [0.3, 0.4) is 0 Å². The molecule has 1 saturated heterocycles. The van der Waals surface area contributed by atoms with E-state index < -0.39 is 21.7 Å². The molecule has 1 amide bonds. The third-order valence-electron chi connectivity index (χ3n) is 5.56. The maximum absolute atomic E-state index is 14.2. The predicted octanol–water partition coefficient (Wildman–Crippen LogP) is 3.87. The molecule has 0 bridgehead atoms. The van der Waals surface area contributed by atoms with Crippen molar-refractivity contribution in [2.75, 3.05) is 19.6 Å². The van der Waals surface area contributed by atoms with Crippen molar-refractivity contribution < 1.29 is 17.6 Å². The number of hydrogen-bond acceptors (Lipinski definition) is 3. The van der Waals surface area contributed by atoms with E-state index in [1.54, 1.807) is 0 Å². The second-order valence-corrected chi connectivity index (χ2v) is 9.80. The standard InChI is InChI=1S/C21H29FN2O3S/c1-16-6-5-13-24(15-16)28(26,27)18-9-10-20(22)19(14-18)21(25)23-12-11-17-7-3-2-4-8-17/h7,9-10,14,16H,2-6,8,11-13,15H2,1H3,(H,23,25)/t16-/m1/s1. The number of carbonyl (C=O) groups excluding carboxylic acids is 1. The normalized spacial score (nSPS) is 21.2. The molecule has 1 heterocycles. The Morgan fingerprint density at radius 2 is 2.11 bits per heavy atom. The molecule has 154 valence electrons. The summed E-state index contributed by atoms with van der Waals surface area (Å²) in [7, 11) is -3.73. The van der Waals surface area contributed by atoms with Crippen molar-refractivity contribution in [1.82, 2.24) is 9.62 Å². The molecular weight excluding hydrogens is 379 g/mol. The second-order valence-electron chi connectivity index (χ2n) is 7.87. The van der Waals surface area contributed by atoms with Crippen LogP contribution in [0.15, 0.2) is 34.7 Å². The number of amides is 1. The third-order valence-corrected chi connectivity index (χ3v) is 7.42. The molecule has 1 aromatic carbocycles. The number of rotatable bonds is 6. The third kappa shape index (κ3) is 5.00. The van der Waals surface area contributed by atoms with Crippen LogP contribution < -0.4 is 5.32 Å². The van der Waals surface area contributed by atoms with E-state index in [2.05, 4.69) is 11.4 Å². The number of piperidine rings is 1. The molecule has 1 N–H and O–H groups in total. The number of sulfonamides is 1. The largest absolute Gasteiger partial charge is 0.352 e. The Morgan fingerprint density at radius 3 is 2.82 bits per heavy atom. The lowest BCUT2D eigenvalue weighted by Crippen LogP contribution is -2.39. The van der Waals surface area contributed by atoms with Crippen LogP contribution in [-0.2, 0) is 10.0 Å². The topological polar surface area (TPSA) is 66.5 Å². The fraction of sp³-hybridized carbons (Fsp3) is 0.571. The molecule has 2 aliphatic rings. The highest BCUT2D eigenvalue weighted by Crippen LogP contribution is 2.25. The number of nitrogens with zero attached hydrogens (tertiary/aromatic N) is 1. The highest BCUT2D eigenvalue weighted by atomic mass is 32.2. The molecule has 1 fully saturated rings. The lowest BCUT2D eigenvalue weighted by Gasteiger charge is -2.30. The smallest absolute Gasteiger partial charge is 0.254 e. The molecule has 1 atom stereocenters. The van der Waals surface area contributed by atoms with E-state index in [0.29, 0.717) is 25.6 Å². The molecule has 3 rings (SSSR count). The average molecular weight is 409 g/mol. The van der Waals surface area contributed by atoms with Crippen molar-refractivity contribution >= 4 is 15.9 Å². The minimum absolute atomic E-state index is 0.0249.